The standard InChI is InChI=1S/C18H22O3/c1-4-11-7-8-13(9-12(11)5-2)15-10-16(19)18(21)14(6-3)17(15)20/h7-10,19-21H,4-6H2,1-3H3. The van der Waals surface area contributed by atoms with E-state index in [1.807, 2.05) is 19.1 Å². The van der Waals surface area contributed by atoms with Crippen LogP contribution >= 0.6 is 0 Å². The Bertz CT molecular complexity index is 660. The highest BCUT2D eigenvalue weighted by Crippen LogP contribution is 2.43. The molecule has 0 aliphatic rings. The largest absolute Gasteiger partial charge is 0.507 e. The third kappa shape index (κ3) is 2.68. The molecule has 0 unspecified atom stereocenters. The first-order valence-electron chi connectivity index (χ1n) is 7.42. The molecule has 0 fully saturated rings. The lowest BCUT2D eigenvalue weighted by Gasteiger charge is -2.14. The molecule has 2 rings (SSSR count). The predicted octanol–water partition coefficient (Wildman–Crippen LogP) is 4.16. The molecule has 2 aromatic carbocycles. The van der Waals surface area contributed by atoms with Crippen LogP contribution in [-0.2, 0) is 19.3 Å². The maximum atomic E-state index is 10.4. The Morgan fingerprint density at radius 2 is 1.43 bits per heavy atom. The van der Waals surface area contributed by atoms with E-state index < -0.39 is 0 Å². The quantitative estimate of drug-likeness (QED) is 0.584. The molecule has 21 heavy (non-hydrogen) atoms. The number of rotatable bonds is 4. The van der Waals surface area contributed by atoms with E-state index in [1.54, 1.807) is 0 Å². The van der Waals surface area contributed by atoms with Crippen LogP contribution in [-0.4, -0.2) is 15.3 Å². The molecular formula is C18H22O3. The summed E-state index contributed by atoms with van der Waals surface area (Å²) >= 11 is 0. The summed E-state index contributed by atoms with van der Waals surface area (Å²) in [5.41, 5.74) is 4.31. The molecule has 2 aromatic rings. The fourth-order valence-corrected chi connectivity index (χ4v) is 2.73. The topological polar surface area (TPSA) is 60.7 Å². The molecule has 0 spiro atoms. The van der Waals surface area contributed by atoms with Gasteiger partial charge in [-0.15, -0.1) is 0 Å². The Morgan fingerprint density at radius 1 is 0.762 bits per heavy atom. The van der Waals surface area contributed by atoms with Gasteiger partial charge in [0.15, 0.2) is 11.5 Å². The van der Waals surface area contributed by atoms with Gasteiger partial charge in [0.1, 0.15) is 5.75 Å². The second-order valence-corrected chi connectivity index (χ2v) is 5.16. The fraction of sp³-hybridized carbons (Fsp3) is 0.333. The number of benzene rings is 2. The SMILES string of the molecule is CCc1ccc(-c2cc(O)c(O)c(CC)c2O)cc1CC. The minimum Gasteiger partial charge on any atom is -0.507 e. The van der Waals surface area contributed by atoms with Gasteiger partial charge in [0.2, 0.25) is 0 Å². The summed E-state index contributed by atoms with van der Waals surface area (Å²) in [6, 6.07) is 7.47. The van der Waals surface area contributed by atoms with Gasteiger partial charge in [-0.3, -0.25) is 0 Å². The van der Waals surface area contributed by atoms with Gasteiger partial charge >= 0.3 is 0 Å². The highest BCUT2D eigenvalue weighted by molar-refractivity contribution is 5.77. The van der Waals surface area contributed by atoms with Crippen LogP contribution < -0.4 is 0 Å². The first-order valence-corrected chi connectivity index (χ1v) is 7.42. The zero-order valence-electron chi connectivity index (χ0n) is 12.8. The van der Waals surface area contributed by atoms with Crippen molar-refractivity contribution in [2.45, 2.75) is 40.0 Å². The molecule has 0 aliphatic carbocycles. The molecule has 3 N–H and O–H groups in total. The first-order chi connectivity index (χ1) is 10.0. The lowest BCUT2D eigenvalue weighted by atomic mass is 9.94. The van der Waals surface area contributed by atoms with E-state index in [0.29, 0.717) is 17.5 Å². The van der Waals surface area contributed by atoms with E-state index in [2.05, 4.69) is 19.9 Å². The summed E-state index contributed by atoms with van der Waals surface area (Å²) in [5, 5.41) is 30.1. The number of hydrogen-bond donors (Lipinski definition) is 3. The first kappa shape index (κ1) is 15.2. The van der Waals surface area contributed by atoms with Gasteiger partial charge in [-0.25, -0.2) is 0 Å². The van der Waals surface area contributed by atoms with Gasteiger partial charge < -0.3 is 15.3 Å². The van der Waals surface area contributed by atoms with Crippen molar-refractivity contribution in [3.8, 4) is 28.4 Å². The van der Waals surface area contributed by atoms with Crippen LogP contribution in [0.5, 0.6) is 17.2 Å². The normalized spacial score (nSPS) is 10.8. The summed E-state index contributed by atoms with van der Waals surface area (Å²) < 4.78 is 0. The third-order valence-electron chi connectivity index (χ3n) is 3.98. The number of phenols is 3. The molecule has 0 bridgehead atoms. The smallest absolute Gasteiger partial charge is 0.164 e. The van der Waals surface area contributed by atoms with Gasteiger partial charge in [0, 0.05) is 11.1 Å². The molecular weight excluding hydrogens is 264 g/mol. The van der Waals surface area contributed by atoms with E-state index in [-0.39, 0.29) is 17.2 Å². The summed E-state index contributed by atoms with van der Waals surface area (Å²) in [4.78, 5) is 0. The Balaban J connectivity index is 2.64. The Morgan fingerprint density at radius 3 is 2.00 bits per heavy atom. The van der Waals surface area contributed by atoms with Crippen molar-refractivity contribution in [2.24, 2.45) is 0 Å². The molecule has 0 radical (unpaired) electrons. The maximum Gasteiger partial charge on any atom is 0.164 e. The number of aromatic hydroxyl groups is 3. The maximum absolute atomic E-state index is 10.4. The monoisotopic (exact) mass is 286 g/mol. The van der Waals surface area contributed by atoms with Crippen molar-refractivity contribution in [2.75, 3.05) is 0 Å². The Hall–Kier alpha value is -2.16. The van der Waals surface area contributed by atoms with Crippen LogP contribution in [0.1, 0.15) is 37.5 Å². The highest BCUT2D eigenvalue weighted by atomic mass is 16.3. The zero-order chi connectivity index (χ0) is 15.6. The van der Waals surface area contributed by atoms with Crippen LogP contribution in [0.15, 0.2) is 24.3 Å². The second kappa shape index (κ2) is 6.08. The van der Waals surface area contributed by atoms with Crippen molar-refractivity contribution in [3.63, 3.8) is 0 Å². The van der Waals surface area contributed by atoms with E-state index in [4.69, 9.17) is 0 Å². The minimum atomic E-state index is -0.236. The van der Waals surface area contributed by atoms with E-state index in [9.17, 15) is 15.3 Å². The van der Waals surface area contributed by atoms with E-state index in [0.717, 1.165) is 18.4 Å². The number of aryl methyl sites for hydroxylation is 2. The van der Waals surface area contributed by atoms with E-state index in [1.165, 1.54) is 17.2 Å². The van der Waals surface area contributed by atoms with Gasteiger partial charge in [-0.05, 0) is 42.0 Å². The molecule has 0 amide bonds. The summed E-state index contributed by atoms with van der Waals surface area (Å²) in [6.45, 7) is 6.05. The Labute approximate surface area is 125 Å². The molecule has 0 atom stereocenters. The molecule has 3 heteroatoms. The number of hydrogen-bond acceptors (Lipinski definition) is 3. The second-order valence-electron chi connectivity index (χ2n) is 5.16. The van der Waals surface area contributed by atoms with Crippen LogP contribution in [0.2, 0.25) is 0 Å². The fourth-order valence-electron chi connectivity index (χ4n) is 2.73. The molecule has 0 heterocycles. The Kier molecular flexibility index (Phi) is 4.41. The summed E-state index contributed by atoms with van der Waals surface area (Å²) in [6.07, 6.45) is 2.34. The highest BCUT2D eigenvalue weighted by Gasteiger charge is 2.17. The van der Waals surface area contributed by atoms with Crippen LogP contribution in [0.3, 0.4) is 0 Å². The summed E-state index contributed by atoms with van der Waals surface area (Å²) in [5.74, 6) is -0.393. The third-order valence-corrected chi connectivity index (χ3v) is 3.98. The van der Waals surface area contributed by atoms with Crippen molar-refractivity contribution >= 4 is 0 Å². The molecule has 0 aliphatic heterocycles. The van der Waals surface area contributed by atoms with Crippen LogP contribution in [0.4, 0.5) is 0 Å². The molecule has 3 nitrogen and oxygen atoms in total. The van der Waals surface area contributed by atoms with Crippen molar-refractivity contribution in [1.29, 1.82) is 0 Å². The molecule has 112 valence electrons. The summed E-state index contributed by atoms with van der Waals surface area (Å²) in [7, 11) is 0. The predicted molar refractivity (Wildman–Crippen MR) is 85.0 cm³/mol. The van der Waals surface area contributed by atoms with E-state index >= 15 is 0 Å². The lowest BCUT2D eigenvalue weighted by molar-refractivity contribution is 0.391. The van der Waals surface area contributed by atoms with Gasteiger partial charge in [-0.1, -0.05) is 39.0 Å². The molecule has 0 saturated heterocycles. The molecule has 0 saturated carbocycles. The number of phenolic OH excluding ortho intramolecular Hbond substituents is 3. The molecule has 0 aromatic heterocycles. The van der Waals surface area contributed by atoms with Crippen molar-refractivity contribution < 1.29 is 15.3 Å². The van der Waals surface area contributed by atoms with Gasteiger partial charge in [0.05, 0.1) is 0 Å². The minimum absolute atomic E-state index is 0.0408. The van der Waals surface area contributed by atoms with Gasteiger partial charge in [-0.2, -0.15) is 0 Å². The van der Waals surface area contributed by atoms with Crippen molar-refractivity contribution in [3.05, 3.63) is 41.0 Å². The zero-order valence-corrected chi connectivity index (χ0v) is 12.8. The average Bonchev–Trinajstić information content (AvgIpc) is 2.50. The van der Waals surface area contributed by atoms with Crippen LogP contribution in [0, 0.1) is 0 Å². The lowest BCUT2D eigenvalue weighted by Crippen LogP contribution is -1.93. The van der Waals surface area contributed by atoms with Crippen molar-refractivity contribution in [1.82, 2.24) is 0 Å². The van der Waals surface area contributed by atoms with Gasteiger partial charge in [0.25, 0.3) is 0 Å². The van der Waals surface area contributed by atoms with Crippen LogP contribution in [0.25, 0.3) is 11.1 Å². The average molecular weight is 286 g/mol.